The van der Waals surface area contributed by atoms with E-state index in [2.05, 4.69) is 24.1 Å². The lowest BCUT2D eigenvalue weighted by molar-refractivity contribution is -0.0192. The summed E-state index contributed by atoms with van der Waals surface area (Å²) in [7, 11) is 0. The summed E-state index contributed by atoms with van der Waals surface area (Å²) in [6.07, 6.45) is 10.3. The minimum absolute atomic E-state index is 0.415. The van der Waals surface area contributed by atoms with Crippen molar-refractivity contribution in [2.75, 3.05) is 19.6 Å². The Morgan fingerprint density at radius 2 is 1.68 bits per heavy atom. The molecule has 4 fully saturated rings. The molecule has 3 aliphatic carbocycles. The summed E-state index contributed by atoms with van der Waals surface area (Å²) in [5.74, 6) is 2.95. The average Bonchev–Trinajstić information content (AvgIpc) is 3.16. The Morgan fingerprint density at radius 1 is 1.00 bits per heavy atom. The molecule has 2 heteroatoms. The Morgan fingerprint density at radius 3 is 2.21 bits per heavy atom. The molecule has 2 unspecified atom stereocenters. The van der Waals surface area contributed by atoms with Crippen molar-refractivity contribution in [3.63, 3.8) is 0 Å². The van der Waals surface area contributed by atoms with E-state index in [1.807, 2.05) is 0 Å². The first-order chi connectivity index (χ1) is 9.10. The van der Waals surface area contributed by atoms with Gasteiger partial charge in [-0.05, 0) is 70.1 Å². The molecule has 0 aromatic carbocycles. The summed E-state index contributed by atoms with van der Waals surface area (Å²) < 4.78 is 0. The van der Waals surface area contributed by atoms with E-state index >= 15 is 0 Å². The second-order valence-electron chi connectivity index (χ2n) is 8.35. The lowest BCUT2D eigenvalue weighted by Gasteiger charge is -2.54. The Bertz CT molecular complexity index is 356. The van der Waals surface area contributed by atoms with E-state index in [4.69, 9.17) is 0 Å². The van der Waals surface area contributed by atoms with Crippen molar-refractivity contribution in [2.24, 2.45) is 17.8 Å². The number of nitrogens with zero attached hydrogens (tertiary/aromatic N) is 1. The van der Waals surface area contributed by atoms with Crippen LogP contribution in [0.5, 0.6) is 0 Å². The van der Waals surface area contributed by atoms with E-state index in [0.29, 0.717) is 11.1 Å². The molecule has 19 heavy (non-hydrogen) atoms. The molecule has 3 saturated carbocycles. The van der Waals surface area contributed by atoms with E-state index in [0.717, 1.165) is 17.8 Å². The van der Waals surface area contributed by atoms with Crippen LogP contribution >= 0.6 is 0 Å². The van der Waals surface area contributed by atoms with Gasteiger partial charge in [-0.25, -0.2) is 0 Å². The largest absolute Gasteiger partial charge is 0.308 e. The number of nitrogens with one attached hydrogen (secondary N) is 1. The van der Waals surface area contributed by atoms with Gasteiger partial charge in [0.05, 0.1) is 0 Å². The maximum atomic E-state index is 3.97. The van der Waals surface area contributed by atoms with Crippen LogP contribution in [0, 0.1) is 17.8 Å². The van der Waals surface area contributed by atoms with Crippen molar-refractivity contribution >= 4 is 0 Å². The highest BCUT2D eigenvalue weighted by Gasteiger charge is 2.54. The molecular formula is C17H30N2. The van der Waals surface area contributed by atoms with E-state index < -0.39 is 0 Å². The summed E-state index contributed by atoms with van der Waals surface area (Å²) in [6.45, 7) is 8.96. The molecule has 0 bridgehead atoms. The van der Waals surface area contributed by atoms with Crippen molar-refractivity contribution in [3.8, 4) is 0 Å². The zero-order valence-electron chi connectivity index (χ0n) is 12.8. The third kappa shape index (κ3) is 2.15. The highest BCUT2D eigenvalue weighted by molar-refractivity contribution is 5.11. The third-order valence-electron chi connectivity index (χ3n) is 6.73. The van der Waals surface area contributed by atoms with Gasteiger partial charge in [-0.3, -0.25) is 4.90 Å². The van der Waals surface area contributed by atoms with E-state index in [1.165, 1.54) is 64.6 Å². The minimum Gasteiger partial charge on any atom is -0.308 e. The molecule has 4 aliphatic rings. The quantitative estimate of drug-likeness (QED) is 0.838. The average molecular weight is 262 g/mol. The second-order valence-corrected chi connectivity index (χ2v) is 8.35. The van der Waals surface area contributed by atoms with Gasteiger partial charge in [0.15, 0.2) is 0 Å². The highest BCUT2D eigenvalue weighted by atomic mass is 15.3. The van der Waals surface area contributed by atoms with Crippen LogP contribution in [0.25, 0.3) is 0 Å². The molecule has 0 radical (unpaired) electrons. The third-order valence-corrected chi connectivity index (χ3v) is 6.73. The maximum absolute atomic E-state index is 3.97. The lowest BCUT2D eigenvalue weighted by atomic mass is 9.79. The molecule has 1 saturated heterocycles. The predicted molar refractivity (Wildman–Crippen MR) is 79.2 cm³/mol. The Kier molecular flexibility index (Phi) is 2.80. The molecule has 1 N–H and O–H groups in total. The van der Waals surface area contributed by atoms with Gasteiger partial charge in [-0.15, -0.1) is 0 Å². The summed E-state index contributed by atoms with van der Waals surface area (Å²) in [5, 5.41) is 3.97. The topological polar surface area (TPSA) is 15.3 Å². The molecule has 108 valence electrons. The Hall–Kier alpha value is -0.0800. The molecule has 0 aromatic rings. The monoisotopic (exact) mass is 262 g/mol. The second kappa shape index (κ2) is 4.21. The molecule has 2 atom stereocenters. The van der Waals surface area contributed by atoms with Crippen LogP contribution < -0.4 is 5.32 Å². The Labute approximate surface area is 118 Å². The number of piperazine rings is 1. The molecule has 4 rings (SSSR count). The highest BCUT2D eigenvalue weighted by Crippen LogP contribution is 2.49. The van der Waals surface area contributed by atoms with Gasteiger partial charge in [-0.1, -0.05) is 6.42 Å². The fourth-order valence-electron chi connectivity index (χ4n) is 4.49. The van der Waals surface area contributed by atoms with Crippen LogP contribution in [0.1, 0.15) is 58.8 Å². The standard InChI is InChI=1S/C17H30N2/c1-16(14-6-7-14)12-19(10-13-4-3-5-13)17(2,11-18-16)15-8-9-15/h13-15,18H,3-12H2,1-2H3. The minimum atomic E-state index is 0.415. The van der Waals surface area contributed by atoms with Gasteiger partial charge in [0.1, 0.15) is 0 Å². The van der Waals surface area contributed by atoms with Crippen molar-refractivity contribution < 1.29 is 0 Å². The van der Waals surface area contributed by atoms with Crippen LogP contribution in [-0.4, -0.2) is 35.6 Å². The van der Waals surface area contributed by atoms with Crippen LogP contribution in [0.4, 0.5) is 0 Å². The van der Waals surface area contributed by atoms with Gasteiger partial charge in [-0.2, -0.15) is 0 Å². The van der Waals surface area contributed by atoms with Gasteiger partial charge in [0.25, 0.3) is 0 Å². The summed E-state index contributed by atoms with van der Waals surface area (Å²) in [4.78, 5) is 2.92. The molecule has 0 spiro atoms. The van der Waals surface area contributed by atoms with Crippen LogP contribution in [0.3, 0.4) is 0 Å². The first-order valence-corrected chi connectivity index (χ1v) is 8.60. The molecular weight excluding hydrogens is 232 g/mol. The van der Waals surface area contributed by atoms with Crippen molar-refractivity contribution in [1.29, 1.82) is 0 Å². The fraction of sp³-hybridized carbons (Fsp3) is 1.00. The number of hydrogen-bond donors (Lipinski definition) is 1. The lowest BCUT2D eigenvalue weighted by Crippen LogP contribution is -2.70. The molecule has 0 aromatic heterocycles. The van der Waals surface area contributed by atoms with E-state index in [1.54, 1.807) is 0 Å². The Balaban J connectivity index is 1.51. The summed E-state index contributed by atoms with van der Waals surface area (Å²) in [6, 6.07) is 0. The van der Waals surface area contributed by atoms with Crippen LogP contribution in [-0.2, 0) is 0 Å². The van der Waals surface area contributed by atoms with Gasteiger partial charge in [0, 0.05) is 30.7 Å². The number of hydrogen-bond acceptors (Lipinski definition) is 2. The summed E-state index contributed by atoms with van der Waals surface area (Å²) in [5.41, 5.74) is 0.877. The van der Waals surface area contributed by atoms with Crippen molar-refractivity contribution in [2.45, 2.75) is 69.9 Å². The van der Waals surface area contributed by atoms with Crippen LogP contribution in [0.2, 0.25) is 0 Å². The SMILES string of the molecule is CC1(C2CC2)CN(CC2CCC2)C(C)(C2CC2)CN1. The van der Waals surface area contributed by atoms with E-state index in [-0.39, 0.29) is 0 Å². The van der Waals surface area contributed by atoms with Gasteiger partial charge >= 0.3 is 0 Å². The molecule has 2 nitrogen and oxygen atoms in total. The zero-order valence-corrected chi connectivity index (χ0v) is 12.8. The molecule has 1 heterocycles. The van der Waals surface area contributed by atoms with Crippen molar-refractivity contribution in [3.05, 3.63) is 0 Å². The zero-order chi connectivity index (χ0) is 13.1. The molecule has 1 aliphatic heterocycles. The number of rotatable bonds is 4. The van der Waals surface area contributed by atoms with Crippen molar-refractivity contribution in [1.82, 2.24) is 10.2 Å². The molecule has 0 amide bonds. The van der Waals surface area contributed by atoms with E-state index in [9.17, 15) is 0 Å². The fourth-order valence-corrected chi connectivity index (χ4v) is 4.49. The maximum Gasteiger partial charge on any atom is 0.0335 e. The predicted octanol–water partition coefficient (Wildman–Crippen LogP) is 3.03. The van der Waals surface area contributed by atoms with Crippen LogP contribution in [0.15, 0.2) is 0 Å². The smallest absolute Gasteiger partial charge is 0.0335 e. The first-order valence-electron chi connectivity index (χ1n) is 8.60. The van der Waals surface area contributed by atoms with Gasteiger partial charge < -0.3 is 5.32 Å². The summed E-state index contributed by atoms with van der Waals surface area (Å²) >= 11 is 0. The first kappa shape index (κ1) is 12.6. The van der Waals surface area contributed by atoms with Gasteiger partial charge in [0.2, 0.25) is 0 Å². The normalized spacial score (nSPS) is 45.2.